The van der Waals surface area contributed by atoms with Crippen LogP contribution in [0.1, 0.15) is 57.4 Å². The van der Waals surface area contributed by atoms with Crippen LogP contribution in [0.5, 0.6) is 17.2 Å². The smallest absolute Gasteiger partial charge is 0.257 e. The molecular formula is C20H29N3O4. The van der Waals surface area contributed by atoms with Gasteiger partial charge in [-0.1, -0.05) is 6.92 Å². The number of anilines is 1. The van der Waals surface area contributed by atoms with E-state index in [1.807, 2.05) is 20.8 Å². The second kappa shape index (κ2) is 9.85. The van der Waals surface area contributed by atoms with Crippen molar-refractivity contribution in [3.8, 4) is 17.2 Å². The number of hydrogen-bond donors (Lipinski definition) is 1. The maximum atomic E-state index is 12.9. The quantitative estimate of drug-likeness (QED) is 0.670. The van der Waals surface area contributed by atoms with Crippen LogP contribution in [0.3, 0.4) is 0 Å². The summed E-state index contributed by atoms with van der Waals surface area (Å²) in [5.74, 6) is 1.89. The summed E-state index contributed by atoms with van der Waals surface area (Å²) in [6.07, 6.45) is 2.59. The summed E-state index contributed by atoms with van der Waals surface area (Å²) < 4.78 is 18.8. The van der Waals surface area contributed by atoms with Gasteiger partial charge in [0.1, 0.15) is 5.82 Å². The van der Waals surface area contributed by atoms with Gasteiger partial charge < -0.3 is 19.5 Å². The molecule has 0 aliphatic carbocycles. The first kappa shape index (κ1) is 20.6. The molecule has 1 atom stereocenters. The monoisotopic (exact) mass is 375 g/mol. The normalized spacial score (nSPS) is 11.7. The van der Waals surface area contributed by atoms with Crippen LogP contribution in [0.15, 0.2) is 24.4 Å². The van der Waals surface area contributed by atoms with Crippen LogP contribution in [-0.4, -0.2) is 35.5 Å². The van der Waals surface area contributed by atoms with Gasteiger partial charge in [0.05, 0.1) is 32.1 Å². The SMILES string of the molecule is CCOc1cc(C(=O)Nc2ccnn2[C@H](C)CC)cc(OCC)c1OCC. The molecule has 27 heavy (non-hydrogen) atoms. The third kappa shape index (κ3) is 4.93. The Labute approximate surface area is 160 Å². The average Bonchev–Trinajstić information content (AvgIpc) is 3.11. The molecule has 2 aromatic rings. The molecule has 0 saturated carbocycles. The third-order valence-corrected chi connectivity index (χ3v) is 4.09. The zero-order valence-corrected chi connectivity index (χ0v) is 16.7. The number of amides is 1. The fourth-order valence-electron chi connectivity index (χ4n) is 2.65. The van der Waals surface area contributed by atoms with Gasteiger partial charge in [-0.3, -0.25) is 4.79 Å². The maximum Gasteiger partial charge on any atom is 0.257 e. The summed E-state index contributed by atoms with van der Waals surface area (Å²) in [6, 6.07) is 5.33. The van der Waals surface area contributed by atoms with E-state index >= 15 is 0 Å². The van der Waals surface area contributed by atoms with Crippen LogP contribution < -0.4 is 19.5 Å². The molecule has 0 radical (unpaired) electrons. The Morgan fingerprint density at radius 1 is 1.07 bits per heavy atom. The highest BCUT2D eigenvalue weighted by molar-refractivity contribution is 6.04. The van der Waals surface area contributed by atoms with E-state index in [9.17, 15) is 4.79 Å². The van der Waals surface area contributed by atoms with E-state index < -0.39 is 0 Å². The minimum Gasteiger partial charge on any atom is -0.490 e. The van der Waals surface area contributed by atoms with Gasteiger partial charge in [-0.15, -0.1) is 0 Å². The molecule has 0 spiro atoms. The first-order valence-corrected chi connectivity index (χ1v) is 9.46. The van der Waals surface area contributed by atoms with E-state index in [2.05, 4.69) is 24.3 Å². The number of nitrogens with zero attached hydrogens (tertiary/aromatic N) is 2. The molecule has 1 aromatic carbocycles. The molecule has 0 fully saturated rings. The Kier molecular flexibility index (Phi) is 7.52. The fraction of sp³-hybridized carbons (Fsp3) is 0.500. The van der Waals surface area contributed by atoms with Crippen LogP contribution >= 0.6 is 0 Å². The zero-order chi connectivity index (χ0) is 19.8. The van der Waals surface area contributed by atoms with Crippen molar-refractivity contribution in [2.45, 2.75) is 47.1 Å². The highest BCUT2D eigenvalue weighted by atomic mass is 16.5. The molecule has 148 valence electrons. The molecule has 7 heteroatoms. The van der Waals surface area contributed by atoms with Crippen molar-refractivity contribution in [1.82, 2.24) is 9.78 Å². The topological polar surface area (TPSA) is 74.6 Å². The number of carbonyl (C=O) groups excluding carboxylic acids is 1. The number of aromatic nitrogens is 2. The summed E-state index contributed by atoms with van der Waals surface area (Å²) in [4.78, 5) is 12.9. The summed E-state index contributed by atoms with van der Waals surface area (Å²) in [5.41, 5.74) is 0.433. The molecule has 0 aliphatic heterocycles. The molecular weight excluding hydrogens is 346 g/mol. The lowest BCUT2D eigenvalue weighted by Gasteiger charge is -2.18. The van der Waals surface area contributed by atoms with E-state index in [1.165, 1.54) is 0 Å². The van der Waals surface area contributed by atoms with Gasteiger partial charge >= 0.3 is 0 Å². The van der Waals surface area contributed by atoms with Crippen LogP contribution in [0.2, 0.25) is 0 Å². The van der Waals surface area contributed by atoms with Crippen LogP contribution in [0, 0.1) is 0 Å². The lowest BCUT2D eigenvalue weighted by Crippen LogP contribution is -2.18. The average molecular weight is 375 g/mol. The number of carbonyl (C=O) groups is 1. The molecule has 0 aliphatic rings. The molecule has 0 unspecified atom stereocenters. The highest BCUT2D eigenvalue weighted by Crippen LogP contribution is 2.39. The number of nitrogens with one attached hydrogen (secondary N) is 1. The first-order valence-electron chi connectivity index (χ1n) is 9.46. The van der Waals surface area contributed by atoms with Gasteiger partial charge in [0, 0.05) is 11.6 Å². The lowest BCUT2D eigenvalue weighted by atomic mass is 10.1. The van der Waals surface area contributed by atoms with E-state index in [0.717, 1.165) is 6.42 Å². The van der Waals surface area contributed by atoms with Crippen LogP contribution in [0.4, 0.5) is 5.82 Å². The van der Waals surface area contributed by atoms with E-state index in [1.54, 1.807) is 29.1 Å². The van der Waals surface area contributed by atoms with Crippen molar-refractivity contribution >= 4 is 11.7 Å². The molecule has 1 N–H and O–H groups in total. The molecule has 0 saturated heterocycles. The second-order valence-electron chi connectivity index (χ2n) is 5.97. The first-order chi connectivity index (χ1) is 13.0. The Morgan fingerprint density at radius 3 is 2.19 bits per heavy atom. The van der Waals surface area contributed by atoms with Gasteiger partial charge in [-0.2, -0.15) is 5.10 Å². The number of rotatable bonds is 10. The van der Waals surface area contributed by atoms with E-state index in [-0.39, 0.29) is 11.9 Å². The number of hydrogen-bond acceptors (Lipinski definition) is 5. The van der Waals surface area contributed by atoms with E-state index in [0.29, 0.717) is 48.5 Å². The minimum absolute atomic E-state index is 0.189. The van der Waals surface area contributed by atoms with Crippen LogP contribution in [-0.2, 0) is 0 Å². The van der Waals surface area contributed by atoms with E-state index in [4.69, 9.17) is 14.2 Å². The zero-order valence-electron chi connectivity index (χ0n) is 16.7. The van der Waals surface area contributed by atoms with Gasteiger partial charge in [-0.25, -0.2) is 4.68 Å². The van der Waals surface area contributed by atoms with Crippen molar-refractivity contribution < 1.29 is 19.0 Å². The molecule has 2 rings (SSSR count). The van der Waals surface area contributed by atoms with Gasteiger partial charge in [0.15, 0.2) is 11.5 Å². The maximum absolute atomic E-state index is 12.9. The summed E-state index contributed by atoms with van der Waals surface area (Å²) in [5, 5.41) is 7.22. The Hall–Kier alpha value is -2.70. The Balaban J connectivity index is 2.36. The van der Waals surface area contributed by atoms with Crippen LogP contribution in [0.25, 0.3) is 0 Å². The second-order valence-corrected chi connectivity index (χ2v) is 5.97. The largest absolute Gasteiger partial charge is 0.490 e. The fourth-order valence-corrected chi connectivity index (χ4v) is 2.65. The Bertz CT molecular complexity index is 730. The predicted octanol–water partition coefficient (Wildman–Crippen LogP) is 4.30. The van der Waals surface area contributed by atoms with Crippen molar-refractivity contribution in [2.24, 2.45) is 0 Å². The van der Waals surface area contributed by atoms with Crippen molar-refractivity contribution in [1.29, 1.82) is 0 Å². The third-order valence-electron chi connectivity index (χ3n) is 4.09. The molecule has 1 aromatic heterocycles. The number of ether oxygens (including phenoxy) is 3. The molecule has 7 nitrogen and oxygen atoms in total. The van der Waals surface area contributed by atoms with Gasteiger partial charge in [-0.05, 0) is 46.2 Å². The minimum atomic E-state index is -0.259. The van der Waals surface area contributed by atoms with Crippen molar-refractivity contribution in [3.63, 3.8) is 0 Å². The lowest BCUT2D eigenvalue weighted by molar-refractivity contribution is 0.102. The Morgan fingerprint density at radius 2 is 1.67 bits per heavy atom. The molecule has 1 heterocycles. The predicted molar refractivity (Wildman–Crippen MR) is 105 cm³/mol. The molecule has 0 bridgehead atoms. The summed E-state index contributed by atoms with van der Waals surface area (Å²) >= 11 is 0. The summed E-state index contributed by atoms with van der Waals surface area (Å²) in [6.45, 7) is 11.2. The summed E-state index contributed by atoms with van der Waals surface area (Å²) in [7, 11) is 0. The highest BCUT2D eigenvalue weighted by Gasteiger charge is 2.19. The van der Waals surface area contributed by atoms with Crippen molar-refractivity contribution in [3.05, 3.63) is 30.0 Å². The van der Waals surface area contributed by atoms with Gasteiger partial charge in [0.2, 0.25) is 5.75 Å². The van der Waals surface area contributed by atoms with Gasteiger partial charge in [0.25, 0.3) is 5.91 Å². The van der Waals surface area contributed by atoms with Crippen molar-refractivity contribution in [2.75, 3.05) is 25.1 Å². The number of benzene rings is 1. The molecule has 1 amide bonds. The standard InChI is InChI=1S/C20H29N3O4/c1-6-14(5)23-18(10-11-21-23)22-20(24)15-12-16(25-7-2)19(27-9-4)17(13-15)26-8-3/h10-14H,6-9H2,1-5H3,(H,22,24)/t14-/m1/s1.